The maximum Gasteiger partial charge on any atom is 0.285 e. The molecule has 0 radical (unpaired) electrons. The van der Waals surface area contributed by atoms with Gasteiger partial charge < -0.3 is 15.0 Å². The van der Waals surface area contributed by atoms with Crippen LogP contribution in [0.5, 0.6) is 5.88 Å². The number of nitrogens with one attached hydrogen (secondary N) is 1. The van der Waals surface area contributed by atoms with Gasteiger partial charge >= 0.3 is 0 Å². The van der Waals surface area contributed by atoms with Crippen molar-refractivity contribution < 1.29 is 27.1 Å². The Morgan fingerprint density at radius 3 is 2.77 bits per heavy atom. The summed E-state index contributed by atoms with van der Waals surface area (Å²) in [5, 5.41) is 24.0. The first-order valence-electron chi connectivity index (χ1n) is 12.5. The van der Waals surface area contributed by atoms with E-state index in [1.165, 1.54) is 11.6 Å². The number of carbonyl (C=O) groups excluding carboxylic acids is 1. The minimum Gasteiger partial charge on any atom is -0.479 e. The summed E-state index contributed by atoms with van der Waals surface area (Å²) in [6.45, 7) is -1.34. The van der Waals surface area contributed by atoms with Crippen LogP contribution in [0, 0.1) is 16.7 Å². The Morgan fingerprint density at radius 1 is 1.30 bits per heavy atom. The summed E-state index contributed by atoms with van der Waals surface area (Å²) in [4.78, 5) is 18.0. The van der Waals surface area contributed by atoms with Crippen LogP contribution in [0.25, 0.3) is 27.7 Å². The third kappa shape index (κ3) is 4.33. The van der Waals surface area contributed by atoms with Crippen molar-refractivity contribution in [1.29, 1.82) is 5.26 Å². The lowest BCUT2D eigenvalue weighted by Gasteiger charge is -2.39. The van der Waals surface area contributed by atoms with E-state index in [2.05, 4.69) is 25.7 Å². The van der Waals surface area contributed by atoms with E-state index in [1.54, 1.807) is 30.5 Å². The number of methoxy groups -OCH3 is 1. The quantitative estimate of drug-likeness (QED) is 0.343. The Kier molecular flexibility index (Phi) is 6.00. The number of alkyl halides is 4. The van der Waals surface area contributed by atoms with E-state index in [1.807, 2.05) is 6.07 Å². The average Bonchev–Trinajstić information content (AvgIpc) is 3.47. The number of rotatable bonds is 7. The molecule has 11 nitrogen and oxygen atoms in total. The van der Waals surface area contributed by atoms with Gasteiger partial charge in [0.1, 0.15) is 23.0 Å². The summed E-state index contributed by atoms with van der Waals surface area (Å²) >= 11 is 0. The van der Waals surface area contributed by atoms with Crippen LogP contribution in [0.3, 0.4) is 0 Å². The molecule has 2 aliphatic rings. The molecule has 1 atom stereocenters. The number of nitrogens with zero attached hydrogens (tertiary/aromatic N) is 8. The van der Waals surface area contributed by atoms with Crippen LogP contribution in [0.2, 0.25) is 0 Å². The van der Waals surface area contributed by atoms with Gasteiger partial charge in [0.25, 0.3) is 12.3 Å². The Morgan fingerprint density at radius 2 is 2.10 bits per heavy atom. The van der Waals surface area contributed by atoms with Crippen LogP contribution in [0.15, 0.2) is 30.5 Å². The van der Waals surface area contributed by atoms with Gasteiger partial charge in [-0.15, -0.1) is 10.2 Å². The first-order valence-corrected chi connectivity index (χ1v) is 12.5. The van der Waals surface area contributed by atoms with Gasteiger partial charge in [-0.25, -0.2) is 26.8 Å². The number of likely N-dealkylation sites (tertiary alicyclic amines) is 1. The third-order valence-corrected chi connectivity index (χ3v) is 7.37. The number of halogens is 4. The van der Waals surface area contributed by atoms with Crippen molar-refractivity contribution in [2.45, 2.75) is 44.2 Å². The second-order valence-electron chi connectivity index (χ2n) is 10.0. The molecule has 3 aromatic heterocycles. The molecule has 1 saturated carbocycles. The summed E-state index contributed by atoms with van der Waals surface area (Å²) in [7, 11) is 1.38. The molecule has 6 rings (SSSR count). The van der Waals surface area contributed by atoms with E-state index < -0.39 is 42.8 Å². The van der Waals surface area contributed by atoms with E-state index in [0.717, 1.165) is 9.58 Å². The van der Waals surface area contributed by atoms with Gasteiger partial charge in [0.2, 0.25) is 17.7 Å². The average molecular weight is 558 g/mol. The molecule has 4 heterocycles. The molecule has 1 saturated heterocycles. The number of fused-ring (bicyclic) bond motifs is 2. The minimum absolute atomic E-state index is 0.0682. The van der Waals surface area contributed by atoms with E-state index in [0.29, 0.717) is 40.5 Å². The number of piperidine rings is 1. The van der Waals surface area contributed by atoms with Crippen molar-refractivity contribution in [3.63, 3.8) is 0 Å². The van der Waals surface area contributed by atoms with Gasteiger partial charge in [-0.2, -0.15) is 10.2 Å². The molecular formula is C25H23F4N9O2. The molecule has 4 aromatic rings. The Hall–Kier alpha value is -4.48. The van der Waals surface area contributed by atoms with Crippen molar-refractivity contribution in [3.8, 4) is 23.1 Å². The number of hydrogen-bond acceptors (Lipinski definition) is 8. The number of carbonyl (C=O) groups is 1. The number of anilines is 1. The van der Waals surface area contributed by atoms with Gasteiger partial charge in [-0.1, -0.05) is 11.3 Å². The molecule has 15 heteroatoms. The number of ether oxygens (including phenoxy) is 1. The normalized spacial score (nSPS) is 19.6. The molecule has 0 spiro atoms. The summed E-state index contributed by atoms with van der Waals surface area (Å²) in [6.07, 6.45) is -0.280. The Labute approximate surface area is 224 Å². The highest BCUT2D eigenvalue weighted by Crippen LogP contribution is 2.47. The van der Waals surface area contributed by atoms with Gasteiger partial charge in [0, 0.05) is 18.3 Å². The molecule has 1 aliphatic carbocycles. The second-order valence-corrected chi connectivity index (χ2v) is 10.0. The number of nitriles is 1. The molecule has 1 aliphatic heterocycles. The number of aromatic nitrogens is 6. The standard InChI is InChI=1S/C25H23F4N9O2/c1-40-21-20-15(14-2-3-16-17(10-14)38(35-33-16)11-19(26)27)4-9-37(20)34-23(32-21)31-18-5-8-36(13-25(18,28)29)22(39)24(12-30)6-7-24/h2-4,9-10,18-19H,5-8,11,13H2,1H3,(H,31,34). The minimum atomic E-state index is -3.29. The van der Waals surface area contributed by atoms with Gasteiger partial charge in [-0.3, -0.25) is 4.79 Å². The van der Waals surface area contributed by atoms with E-state index in [4.69, 9.17) is 4.74 Å². The predicted octanol–water partition coefficient (Wildman–Crippen LogP) is 3.37. The predicted molar refractivity (Wildman–Crippen MR) is 133 cm³/mol. The summed E-state index contributed by atoms with van der Waals surface area (Å²) < 4.78 is 64.2. The van der Waals surface area contributed by atoms with Crippen LogP contribution in [-0.4, -0.2) is 79.0 Å². The molecule has 1 amide bonds. The van der Waals surface area contributed by atoms with Crippen LogP contribution < -0.4 is 10.1 Å². The van der Waals surface area contributed by atoms with Crippen LogP contribution in [0.1, 0.15) is 19.3 Å². The van der Waals surface area contributed by atoms with Crippen molar-refractivity contribution in [2.75, 3.05) is 25.5 Å². The monoisotopic (exact) mass is 557 g/mol. The summed E-state index contributed by atoms with van der Waals surface area (Å²) in [5.74, 6) is -3.82. The zero-order valence-electron chi connectivity index (χ0n) is 21.2. The highest BCUT2D eigenvalue weighted by Gasteiger charge is 2.56. The molecule has 40 heavy (non-hydrogen) atoms. The molecule has 1 aromatic carbocycles. The molecule has 1 N–H and O–H groups in total. The van der Waals surface area contributed by atoms with Gasteiger partial charge in [-0.05, 0) is 43.0 Å². The van der Waals surface area contributed by atoms with Crippen LogP contribution >= 0.6 is 0 Å². The van der Waals surface area contributed by atoms with Crippen LogP contribution in [0.4, 0.5) is 23.5 Å². The smallest absolute Gasteiger partial charge is 0.285 e. The van der Waals surface area contributed by atoms with E-state index in [-0.39, 0.29) is 24.8 Å². The lowest BCUT2D eigenvalue weighted by molar-refractivity contribution is -0.146. The zero-order valence-corrected chi connectivity index (χ0v) is 21.2. The SMILES string of the molecule is COc1nc(NC2CCN(C(=O)C3(C#N)CC3)CC2(F)F)nn2ccc(-c3ccc4nnn(CC(F)F)c4c3)c12. The second kappa shape index (κ2) is 9.32. The molecule has 1 unspecified atom stereocenters. The largest absolute Gasteiger partial charge is 0.479 e. The van der Waals surface area contributed by atoms with E-state index in [9.17, 15) is 18.8 Å². The fourth-order valence-corrected chi connectivity index (χ4v) is 5.07. The lowest BCUT2D eigenvalue weighted by Crippen LogP contribution is -2.57. The topological polar surface area (TPSA) is 126 Å². The Balaban J connectivity index is 1.27. The first-order chi connectivity index (χ1) is 19.1. The molecule has 0 bridgehead atoms. The van der Waals surface area contributed by atoms with Gasteiger partial charge in [0.15, 0.2) is 0 Å². The molecule has 2 fully saturated rings. The fraction of sp³-hybridized carbons (Fsp3) is 0.440. The number of hydrogen-bond donors (Lipinski definition) is 1. The number of benzene rings is 1. The molecule has 208 valence electrons. The highest BCUT2D eigenvalue weighted by molar-refractivity contribution is 5.90. The first kappa shape index (κ1) is 25.8. The maximum atomic E-state index is 15.1. The van der Waals surface area contributed by atoms with Crippen molar-refractivity contribution in [3.05, 3.63) is 30.5 Å². The van der Waals surface area contributed by atoms with Crippen molar-refractivity contribution >= 4 is 28.4 Å². The lowest BCUT2D eigenvalue weighted by atomic mass is 9.98. The van der Waals surface area contributed by atoms with Crippen molar-refractivity contribution in [2.24, 2.45) is 5.41 Å². The van der Waals surface area contributed by atoms with Gasteiger partial charge in [0.05, 0.1) is 31.3 Å². The third-order valence-electron chi connectivity index (χ3n) is 7.37. The zero-order chi connectivity index (χ0) is 28.2. The maximum absolute atomic E-state index is 15.1. The van der Waals surface area contributed by atoms with Crippen LogP contribution in [-0.2, 0) is 11.3 Å². The summed E-state index contributed by atoms with van der Waals surface area (Å²) in [6, 6.07) is 7.42. The van der Waals surface area contributed by atoms with Crippen molar-refractivity contribution in [1.82, 2.24) is 34.5 Å². The highest BCUT2D eigenvalue weighted by atomic mass is 19.3. The molecular weight excluding hydrogens is 534 g/mol. The summed E-state index contributed by atoms with van der Waals surface area (Å²) in [5.41, 5.74) is 1.43. The Bertz CT molecular complexity index is 1660. The van der Waals surface area contributed by atoms with E-state index >= 15 is 8.78 Å². The fourth-order valence-electron chi connectivity index (χ4n) is 5.07. The number of amides is 1.